The summed E-state index contributed by atoms with van der Waals surface area (Å²) >= 11 is 0. The molecule has 6 nitrogen and oxygen atoms in total. The van der Waals surface area contributed by atoms with Gasteiger partial charge in [0.1, 0.15) is 5.82 Å². The van der Waals surface area contributed by atoms with E-state index in [-0.39, 0.29) is 11.7 Å². The maximum atomic E-state index is 12.3. The molecule has 0 aliphatic heterocycles. The zero-order chi connectivity index (χ0) is 17.4. The van der Waals surface area contributed by atoms with Gasteiger partial charge >= 0.3 is 0 Å². The first-order valence-electron chi connectivity index (χ1n) is 7.71. The van der Waals surface area contributed by atoms with Crippen molar-refractivity contribution in [2.24, 2.45) is 0 Å². The molecular formula is C18H21N3O3. The van der Waals surface area contributed by atoms with E-state index in [0.717, 1.165) is 13.0 Å². The minimum atomic E-state index is -0.229. The summed E-state index contributed by atoms with van der Waals surface area (Å²) in [5, 5.41) is 5.95. The molecule has 2 rings (SSSR count). The van der Waals surface area contributed by atoms with Gasteiger partial charge in [-0.1, -0.05) is 0 Å². The van der Waals surface area contributed by atoms with Crippen molar-refractivity contribution in [1.29, 1.82) is 0 Å². The lowest BCUT2D eigenvalue weighted by Crippen LogP contribution is -2.13. The van der Waals surface area contributed by atoms with Gasteiger partial charge in [-0.15, -0.1) is 0 Å². The van der Waals surface area contributed by atoms with Crippen LogP contribution in [0, 0.1) is 0 Å². The molecule has 0 aliphatic carbocycles. The van der Waals surface area contributed by atoms with E-state index in [1.165, 1.54) is 6.92 Å². The average Bonchev–Trinajstić information content (AvgIpc) is 2.59. The molecule has 0 bridgehead atoms. The van der Waals surface area contributed by atoms with Gasteiger partial charge in [0.15, 0.2) is 5.78 Å². The third-order valence-corrected chi connectivity index (χ3v) is 3.40. The van der Waals surface area contributed by atoms with Gasteiger partial charge in [-0.25, -0.2) is 4.98 Å². The number of nitrogens with one attached hydrogen (secondary N) is 2. The van der Waals surface area contributed by atoms with Crippen LogP contribution in [0.5, 0.6) is 0 Å². The Labute approximate surface area is 141 Å². The van der Waals surface area contributed by atoms with Gasteiger partial charge in [-0.3, -0.25) is 9.59 Å². The minimum absolute atomic E-state index is 0.00815. The van der Waals surface area contributed by atoms with Crippen molar-refractivity contribution in [3.8, 4) is 0 Å². The Bertz CT molecular complexity index is 699. The molecule has 0 radical (unpaired) electrons. The highest BCUT2D eigenvalue weighted by atomic mass is 16.5. The molecule has 1 amide bonds. The SMILES string of the molecule is COCCCNc1cc(C(=O)Nc2ccc(C(C)=O)cc2)ccn1. The van der Waals surface area contributed by atoms with Crippen LogP contribution in [0.3, 0.4) is 0 Å². The number of Topliss-reactive ketones (excluding diaryl/α,β-unsaturated/α-hetero) is 1. The van der Waals surface area contributed by atoms with Crippen molar-refractivity contribution in [2.75, 3.05) is 30.9 Å². The minimum Gasteiger partial charge on any atom is -0.385 e. The number of nitrogens with zero attached hydrogens (tertiary/aromatic N) is 1. The number of rotatable bonds is 8. The second kappa shape index (κ2) is 8.79. The van der Waals surface area contributed by atoms with Gasteiger partial charge < -0.3 is 15.4 Å². The molecule has 24 heavy (non-hydrogen) atoms. The van der Waals surface area contributed by atoms with Gasteiger partial charge in [-0.2, -0.15) is 0 Å². The molecule has 1 aromatic heterocycles. The van der Waals surface area contributed by atoms with E-state index >= 15 is 0 Å². The highest BCUT2D eigenvalue weighted by molar-refractivity contribution is 6.05. The third kappa shape index (κ3) is 5.17. The van der Waals surface area contributed by atoms with E-state index in [9.17, 15) is 9.59 Å². The Balaban J connectivity index is 1.97. The number of benzene rings is 1. The van der Waals surface area contributed by atoms with E-state index in [0.29, 0.717) is 29.2 Å². The van der Waals surface area contributed by atoms with Crippen molar-refractivity contribution in [3.63, 3.8) is 0 Å². The van der Waals surface area contributed by atoms with Crippen LogP contribution in [-0.2, 0) is 4.74 Å². The van der Waals surface area contributed by atoms with E-state index < -0.39 is 0 Å². The largest absolute Gasteiger partial charge is 0.385 e. The van der Waals surface area contributed by atoms with Crippen LogP contribution in [0.4, 0.5) is 11.5 Å². The average molecular weight is 327 g/mol. The van der Waals surface area contributed by atoms with Crippen molar-refractivity contribution < 1.29 is 14.3 Å². The van der Waals surface area contributed by atoms with E-state index in [1.54, 1.807) is 49.7 Å². The molecule has 0 saturated heterocycles. The standard InChI is InChI=1S/C18H21N3O3/c1-13(22)14-4-6-16(7-5-14)21-18(23)15-8-10-20-17(12-15)19-9-3-11-24-2/h4-8,10,12H,3,9,11H2,1-2H3,(H,19,20)(H,21,23). The van der Waals surface area contributed by atoms with Crippen molar-refractivity contribution >= 4 is 23.2 Å². The molecule has 0 fully saturated rings. The number of carbonyl (C=O) groups excluding carboxylic acids is 2. The van der Waals surface area contributed by atoms with Gasteiger partial charge in [0, 0.05) is 43.3 Å². The first-order valence-corrected chi connectivity index (χ1v) is 7.71. The second-order valence-corrected chi connectivity index (χ2v) is 5.29. The highest BCUT2D eigenvalue weighted by Crippen LogP contribution is 2.13. The summed E-state index contributed by atoms with van der Waals surface area (Å²) in [4.78, 5) is 27.8. The second-order valence-electron chi connectivity index (χ2n) is 5.29. The summed E-state index contributed by atoms with van der Waals surface area (Å²) in [5.74, 6) is 0.407. The number of pyridine rings is 1. The van der Waals surface area contributed by atoms with Crippen LogP contribution in [-0.4, -0.2) is 36.9 Å². The number of amides is 1. The molecule has 0 atom stereocenters. The predicted octanol–water partition coefficient (Wildman–Crippen LogP) is 2.98. The lowest BCUT2D eigenvalue weighted by molar-refractivity contribution is 0.101. The molecule has 0 spiro atoms. The quantitative estimate of drug-likeness (QED) is 0.575. The summed E-state index contributed by atoms with van der Waals surface area (Å²) in [6, 6.07) is 10.1. The number of carbonyl (C=O) groups is 2. The Morgan fingerprint density at radius 3 is 2.54 bits per heavy atom. The number of ether oxygens (including phenoxy) is 1. The number of ketones is 1. The molecular weight excluding hydrogens is 306 g/mol. The molecule has 0 aliphatic rings. The molecule has 1 heterocycles. The molecule has 126 valence electrons. The van der Waals surface area contributed by atoms with Crippen molar-refractivity contribution in [1.82, 2.24) is 4.98 Å². The molecule has 0 saturated carbocycles. The van der Waals surface area contributed by atoms with Crippen LogP contribution in [0.1, 0.15) is 34.1 Å². The van der Waals surface area contributed by atoms with Crippen molar-refractivity contribution in [3.05, 3.63) is 53.7 Å². The van der Waals surface area contributed by atoms with Crippen LogP contribution >= 0.6 is 0 Å². The lowest BCUT2D eigenvalue weighted by atomic mass is 10.1. The lowest BCUT2D eigenvalue weighted by Gasteiger charge is -2.08. The first kappa shape index (κ1) is 17.6. The van der Waals surface area contributed by atoms with Gasteiger partial charge in [0.05, 0.1) is 0 Å². The number of hydrogen-bond donors (Lipinski definition) is 2. The van der Waals surface area contributed by atoms with E-state index in [1.807, 2.05) is 0 Å². The number of methoxy groups -OCH3 is 1. The van der Waals surface area contributed by atoms with Gasteiger partial charge in [-0.05, 0) is 49.7 Å². The fourth-order valence-electron chi connectivity index (χ4n) is 2.09. The van der Waals surface area contributed by atoms with Crippen LogP contribution in [0.25, 0.3) is 0 Å². The zero-order valence-electron chi connectivity index (χ0n) is 13.8. The number of aromatic nitrogens is 1. The summed E-state index contributed by atoms with van der Waals surface area (Å²) in [7, 11) is 1.66. The van der Waals surface area contributed by atoms with Gasteiger partial charge in [0.25, 0.3) is 5.91 Å². The topological polar surface area (TPSA) is 80.3 Å². The summed E-state index contributed by atoms with van der Waals surface area (Å²) in [5.41, 5.74) is 1.76. The fraction of sp³-hybridized carbons (Fsp3) is 0.278. The van der Waals surface area contributed by atoms with Crippen molar-refractivity contribution in [2.45, 2.75) is 13.3 Å². The van der Waals surface area contributed by atoms with Crippen LogP contribution in [0.2, 0.25) is 0 Å². The predicted molar refractivity (Wildman–Crippen MR) is 93.6 cm³/mol. The Morgan fingerprint density at radius 1 is 1.12 bits per heavy atom. The van der Waals surface area contributed by atoms with Gasteiger partial charge in [0.2, 0.25) is 0 Å². The van der Waals surface area contributed by atoms with Crippen LogP contribution < -0.4 is 10.6 Å². The fourth-order valence-corrected chi connectivity index (χ4v) is 2.09. The maximum absolute atomic E-state index is 12.3. The summed E-state index contributed by atoms with van der Waals surface area (Å²) < 4.78 is 4.99. The maximum Gasteiger partial charge on any atom is 0.255 e. The monoisotopic (exact) mass is 327 g/mol. The Morgan fingerprint density at radius 2 is 1.88 bits per heavy atom. The molecule has 1 aromatic carbocycles. The summed E-state index contributed by atoms with van der Waals surface area (Å²) in [6.07, 6.45) is 2.45. The highest BCUT2D eigenvalue weighted by Gasteiger charge is 2.08. The third-order valence-electron chi connectivity index (χ3n) is 3.40. The normalized spacial score (nSPS) is 10.2. The van der Waals surface area contributed by atoms with E-state index in [4.69, 9.17) is 4.74 Å². The first-order chi connectivity index (χ1) is 11.6. The number of hydrogen-bond acceptors (Lipinski definition) is 5. The Hall–Kier alpha value is -2.73. The zero-order valence-corrected chi connectivity index (χ0v) is 13.8. The smallest absolute Gasteiger partial charge is 0.255 e. The molecule has 0 unspecified atom stereocenters. The summed E-state index contributed by atoms with van der Waals surface area (Å²) in [6.45, 7) is 2.90. The van der Waals surface area contributed by atoms with Crippen LogP contribution in [0.15, 0.2) is 42.6 Å². The Kier molecular flexibility index (Phi) is 6.45. The molecule has 6 heteroatoms. The molecule has 2 N–H and O–H groups in total. The number of anilines is 2. The van der Waals surface area contributed by atoms with E-state index in [2.05, 4.69) is 15.6 Å². The molecule has 2 aromatic rings.